The van der Waals surface area contributed by atoms with Crippen molar-refractivity contribution in [2.24, 2.45) is 10.8 Å². The average molecular weight is 1060 g/mol. The molecule has 0 amide bonds. The second kappa shape index (κ2) is 21.1. The van der Waals surface area contributed by atoms with Crippen LogP contribution < -0.4 is 10.4 Å². The quantitative estimate of drug-likeness (QED) is 0.0872. The molecule has 4 aliphatic rings. The Kier molecular flexibility index (Phi) is 17.2. The number of rotatable bonds is 14. The van der Waals surface area contributed by atoms with Crippen LogP contribution in [0.5, 0.6) is 0 Å². The molecular weight excluding hydrogens is 967 g/mol. The van der Waals surface area contributed by atoms with E-state index < -0.39 is 33.5 Å². The second-order valence-corrected chi connectivity index (χ2v) is 65.8. The third-order valence-electron chi connectivity index (χ3n) is 17.4. The molecule has 8 rings (SSSR count). The molecule has 0 bridgehead atoms. The number of halogens is 2. The SMILES string of the molecule is CCCC1(CC2=Cc3c(-c4ccc([Si](C)(C)C)cc4)cccc3[CH]2[Zr]([CH3])([CH3])(=[SiH2])[CH]2C(CC3(CCC)CCCCCC3)=Cc3c(-c4ccc([Si](C)(C)C)cc4)cccc32)CCCCCC1.Cl.Cl. The van der Waals surface area contributed by atoms with Crippen LogP contribution in [-0.2, 0) is 17.4 Å². The summed E-state index contributed by atoms with van der Waals surface area (Å²) in [6, 6.07) is 34.8. The number of benzene rings is 4. The maximum atomic E-state index is 2.96. The first-order valence-electron chi connectivity index (χ1n) is 26.3. The molecule has 6 heteroatoms. The van der Waals surface area contributed by atoms with E-state index in [0.717, 1.165) is 0 Å². The predicted octanol–water partition coefficient (Wildman–Crippen LogP) is 17.9. The first-order chi connectivity index (χ1) is 30.4. The summed E-state index contributed by atoms with van der Waals surface area (Å²) in [5.41, 5.74) is 16.7. The van der Waals surface area contributed by atoms with Gasteiger partial charge in [0, 0.05) is 0 Å². The molecule has 4 aliphatic carbocycles. The summed E-state index contributed by atoms with van der Waals surface area (Å²) >= 11 is -4.04. The summed E-state index contributed by atoms with van der Waals surface area (Å²) in [6.45, 7) is 22.4. The van der Waals surface area contributed by atoms with Crippen molar-refractivity contribution in [3.05, 3.63) is 118 Å². The molecule has 0 nitrogen and oxygen atoms in total. The maximum absolute atomic E-state index is 4.04. The van der Waals surface area contributed by atoms with Gasteiger partial charge in [0.15, 0.2) is 0 Å². The molecule has 2 saturated carbocycles. The van der Waals surface area contributed by atoms with Crippen LogP contribution in [0.25, 0.3) is 34.4 Å². The average Bonchev–Trinajstić information content (AvgIpc) is 3.62. The van der Waals surface area contributed by atoms with Crippen molar-refractivity contribution >= 4 is 70.4 Å². The van der Waals surface area contributed by atoms with Crippen LogP contribution in [0.4, 0.5) is 0 Å². The molecule has 0 radical (unpaired) electrons. The summed E-state index contributed by atoms with van der Waals surface area (Å²) in [6.07, 6.45) is 30.5. The number of allylic oxidation sites excluding steroid dienone is 2. The van der Waals surface area contributed by atoms with E-state index in [1.165, 1.54) is 138 Å². The van der Waals surface area contributed by atoms with E-state index in [-0.39, 0.29) is 24.8 Å². The van der Waals surface area contributed by atoms with E-state index in [2.05, 4.69) is 166 Å². The van der Waals surface area contributed by atoms with Crippen LogP contribution in [0.15, 0.2) is 96.1 Å². The van der Waals surface area contributed by atoms with Gasteiger partial charge in [0.05, 0.1) is 0 Å². The molecule has 0 saturated heterocycles. The molecule has 0 spiro atoms. The molecule has 0 N–H and O–H groups in total. The molecule has 358 valence electrons. The Bertz CT molecular complexity index is 2260. The first kappa shape index (κ1) is 53.8. The van der Waals surface area contributed by atoms with Gasteiger partial charge < -0.3 is 0 Å². The van der Waals surface area contributed by atoms with Crippen molar-refractivity contribution in [2.45, 2.75) is 185 Å². The van der Waals surface area contributed by atoms with Crippen LogP contribution in [0, 0.1) is 10.8 Å². The van der Waals surface area contributed by atoms with Crippen molar-refractivity contribution in [2.75, 3.05) is 0 Å². The number of fused-ring (bicyclic) bond motifs is 2. The van der Waals surface area contributed by atoms with Gasteiger partial charge in [0.1, 0.15) is 0 Å². The van der Waals surface area contributed by atoms with Crippen molar-refractivity contribution in [3.63, 3.8) is 0 Å². The Hall–Kier alpha value is -1.53. The van der Waals surface area contributed by atoms with Gasteiger partial charge in [-0.1, -0.05) is 0 Å². The Labute approximate surface area is 420 Å². The van der Waals surface area contributed by atoms with Gasteiger partial charge in [-0.05, 0) is 0 Å². The zero-order valence-electron chi connectivity index (χ0n) is 43.1. The third kappa shape index (κ3) is 11.0. The fourth-order valence-electron chi connectivity index (χ4n) is 14.4. The van der Waals surface area contributed by atoms with Gasteiger partial charge in [-0.15, -0.1) is 24.8 Å². The van der Waals surface area contributed by atoms with Crippen molar-refractivity contribution in [3.8, 4) is 22.3 Å². The Morgan fingerprint density at radius 3 is 1.14 bits per heavy atom. The fourth-order valence-corrected chi connectivity index (χ4v) is 36.4. The Morgan fingerprint density at radius 1 is 0.500 bits per heavy atom. The predicted molar refractivity (Wildman–Crippen MR) is 305 cm³/mol. The van der Waals surface area contributed by atoms with Gasteiger partial charge in [0.2, 0.25) is 0 Å². The van der Waals surface area contributed by atoms with E-state index in [9.17, 15) is 0 Å². The summed E-state index contributed by atoms with van der Waals surface area (Å²) in [7, 11) is -2.81. The Balaban J connectivity index is 0.00000360. The molecular formula is C60H88Cl2Si3Zr. The molecule has 0 heterocycles. The Morgan fingerprint density at radius 2 is 0.833 bits per heavy atom. The maximum Gasteiger partial charge on any atom is -0.147 e. The minimum absolute atomic E-state index is 0. The van der Waals surface area contributed by atoms with E-state index in [0.29, 0.717) is 18.1 Å². The zero-order valence-corrected chi connectivity index (χ0v) is 50.6. The summed E-state index contributed by atoms with van der Waals surface area (Å²) in [4.78, 5) is 0. The number of hydrogen-bond acceptors (Lipinski definition) is 0. The monoisotopic (exact) mass is 1050 g/mol. The van der Waals surface area contributed by atoms with Crippen LogP contribution in [0.3, 0.4) is 0 Å². The van der Waals surface area contributed by atoms with Crippen molar-refractivity contribution < 1.29 is 17.4 Å². The zero-order chi connectivity index (χ0) is 45.6. The van der Waals surface area contributed by atoms with E-state index >= 15 is 0 Å². The molecule has 2 unspecified atom stereocenters. The number of hydrogen-bond donors (Lipinski definition) is 0. The van der Waals surface area contributed by atoms with Crippen LogP contribution in [0.2, 0.25) is 48.5 Å². The topological polar surface area (TPSA) is 0 Å². The smallest absolute Gasteiger partial charge is 0.147 e. The molecule has 4 aromatic carbocycles. The third-order valence-corrected chi connectivity index (χ3v) is 39.0. The van der Waals surface area contributed by atoms with Gasteiger partial charge >= 0.3 is 400 Å². The summed E-state index contributed by atoms with van der Waals surface area (Å²) < 4.78 is 6.99. The molecule has 66 heavy (non-hydrogen) atoms. The first-order valence-corrected chi connectivity index (χ1v) is 47.0. The van der Waals surface area contributed by atoms with Crippen molar-refractivity contribution in [1.29, 1.82) is 0 Å². The van der Waals surface area contributed by atoms with E-state index in [1.807, 2.05) is 11.1 Å². The summed E-state index contributed by atoms with van der Waals surface area (Å²) in [5, 5.41) is 3.11. The molecule has 2 atom stereocenters. The van der Waals surface area contributed by atoms with Crippen LogP contribution in [0.1, 0.15) is 159 Å². The largest absolute Gasteiger partial charge is 0.147 e. The van der Waals surface area contributed by atoms with Crippen LogP contribution >= 0.6 is 24.8 Å². The summed E-state index contributed by atoms with van der Waals surface area (Å²) in [5.74, 6) is 0. The van der Waals surface area contributed by atoms with Gasteiger partial charge in [0.25, 0.3) is 0 Å². The van der Waals surface area contributed by atoms with Crippen molar-refractivity contribution in [1.82, 2.24) is 0 Å². The normalized spacial score (nSPS) is 20.7. The van der Waals surface area contributed by atoms with Gasteiger partial charge in [-0.2, -0.15) is 0 Å². The second-order valence-electron chi connectivity index (χ2n) is 25.2. The van der Waals surface area contributed by atoms with E-state index in [1.54, 1.807) is 32.6 Å². The van der Waals surface area contributed by atoms with E-state index in [4.69, 9.17) is 0 Å². The van der Waals surface area contributed by atoms with Gasteiger partial charge in [-0.25, -0.2) is 0 Å². The van der Waals surface area contributed by atoms with Crippen LogP contribution in [-0.4, -0.2) is 23.0 Å². The van der Waals surface area contributed by atoms with Gasteiger partial charge in [-0.3, -0.25) is 0 Å². The minimum atomic E-state index is -4.04. The molecule has 4 aromatic rings. The molecule has 0 aliphatic heterocycles. The minimum Gasteiger partial charge on any atom is -0.147 e. The molecule has 0 aromatic heterocycles. The standard InChI is InChI=1S/2C29H39Si.2CH3.2ClH.H2Si.Zr/c2*1-5-17-29(18-8-6-7-9-19-29)22-23-20-25-11-10-12-27(28(25)21-23)24-13-15-26(16-14-24)30(2,3)4;;;;;;/h2*10-16,20-21H,5-9,17-19,22H2,1-4H3;2*1H3;2*1H;1H2;. The fraction of sp³-hybridized carbons (Fsp3) is 0.533. The molecule has 2 fully saturated rings.